The largest absolute Gasteiger partial charge is 0.465 e. The quantitative estimate of drug-likeness (QED) is 0.383. The van der Waals surface area contributed by atoms with Gasteiger partial charge in [-0.2, -0.15) is 0 Å². The number of hydrogen-bond donors (Lipinski definition) is 1. The predicted octanol–water partition coefficient (Wildman–Crippen LogP) is 1.82. The SMILES string of the molecule is COC(=O)c1ccc(/C=C2\SC(=S)N(CCCC(=O)NN3CCOCC3)C2=O)cc1. The minimum Gasteiger partial charge on any atom is -0.465 e. The van der Waals surface area contributed by atoms with Gasteiger partial charge in [-0.3, -0.25) is 19.9 Å². The van der Waals surface area contributed by atoms with Gasteiger partial charge in [0.05, 0.1) is 30.8 Å². The molecule has 1 aromatic carbocycles. The number of methoxy groups -OCH3 is 1. The maximum absolute atomic E-state index is 12.7. The average molecular weight is 450 g/mol. The number of thioether (sulfide) groups is 1. The van der Waals surface area contributed by atoms with Crippen LogP contribution in [0.25, 0.3) is 6.08 Å². The van der Waals surface area contributed by atoms with Crippen LogP contribution in [0.2, 0.25) is 0 Å². The minimum absolute atomic E-state index is 0.0800. The number of nitrogens with one attached hydrogen (secondary N) is 1. The van der Waals surface area contributed by atoms with Crippen LogP contribution in [0.3, 0.4) is 0 Å². The van der Waals surface area contributed by atoms with Crippen molar-refractivity contribution in [2.24, 2.45) is 0 Å². The van der Waals surface area contributed by atoms with Crippen LogP contribution >= 0.6 is 24.0 Å². The summed E-state index contributed by atoms with van der Waals surface area (Å²) in [5.41, 5.74) is 4.08. The highest BCUT2D eigenvalue weighted by Gasteiger charge is 2.31. The zero-order valence-corrected chi connectivity index (χ0v) is 18.2. The topological polar surface area (TPSA) is 88.2 Å². The van der Waals surface area contributed by atoms with Gasteiger partial charge in [-0.15, -0.1) is 0 Å². The van der Waals surface area contributed by atoms with Gasteiger partial charge in [-0.25, -0.2) is 9.80 Å². The standard InChI is InChI=1S/C20H23N3O5S2/c1-27-19(26)15-6-4-14(5-7-15)13-16-18(25)23(20(29)30-16)8-2-3-17(24)21-22-9-11-28-12-10-22/h4-7,13H,2-3,8-12H2,1H3,(H,21,24)/b16-13-. The highest BCUT2D eigenvalue weighted by Crippen LogP contribution is 2.32. The fourth-order valence-corrected chi connectivity index (χ4v) is 4.29. The van der Waals surface area contributed by atoms with E-state index >= 15 is 0 Å². The Kier molecular flexibility index (Phi) is 7.97. The molecule has 2 heterocycles. The van der Waals surface area contributed by atoms with Gasteiger partial charge in [0.25, 0.3) is 5.91 Å². The van der Waals surface area contributed by atoms with Crippen LogP contribution in [0.5, 0.6) is 0 Å². The number of ether oxygens (including phenoxy) is 2. The number of thiocarbonyl (C=S) groups is 1. The lowest BCUT2D eigenvalue weighted by atomic mass is 10.1. The number of rotatable bonds is 7. The lowest BCUT2D eigenvalue weighted by Crippen LogP contribution is -2.48. The summed E-state index contributed by atoms with van der Waals surface area (Å²) in [4.78, 5) is 38.3. The van der Waals surface area contributed by atoms with Gasteiger partial charge in [0.2, 0.25) is 5.91 Å². The van der Waals surface area contributed by atoms with Gasteiger partial charge in [-0.1, -0.05) is 36.1 Å². The molecule has 3 rings (SSSR count). The van der Waals surface area contributed by atoms with E-state index in [2.05, 4.69) is 10.2 Å². The first-order valence-corrected chi connectivity index (χ1v) is 10.8. The molecule has 30 heavy (non-hydrogen) atoms. The predicted molar refractivity (Wildman–Crippen MR) is 117 cm³/mol. The number of esters is 1. The number of hydrogen-bond acceptors (Lipinski definition) is 8. The van der Waals surface area contributed by atoms with Crippen molar-refractivity contribution in [3.05, 3.63) is 40.3 Å². The molecule has 0 aromatic heterocycles. The fraction of sp³-hybridized carbons (Fsp3) is 0.400. The average Bonchev–Trinajstić information content (AvgIpc) is 3.01. The maximum atomic E-state index is 12.7. The molecular formula is C20H23N3O5S2. The van der Waals surface area contributed by atoms with Crippen LogP contribution in [0.15, 0.2) is 29.2 Å². The molecule has 1 aromatic rings. The second-order valence-electron chi connectivity index (χ2n) is 6.68. The second kappa shape index (κ2) is 10.7. The molecule has 2 amide bonds. The summed E-state index contributed by atoms with van der Waals surface area (Å²) >= 11 is 6.57. The Morgan fingerprint density at radius 2 is 1.97 bits per heavy atom. The molecular weight excluding hydrogens is 426 g/mol. The Morgan fingerprint density at radius 3 is 2.63 bits per heavy atom. The van der Waals surface area contributed by atoms with E-state index in [0.717, 1.165) is 5.56 Å². The Bertz CT molecular complexity index is 851. The number of morpholine rings is 1. The summed E-state index contributed by atoms with van der Waals surface area (Å²) in [6.45, 7) is 2.95. The Hall–Kier alpha value is -2.27. The van der Waals surface area contributed by atoms with E-state index < -0.39 is 5.97 Å². The smallest absolute Gasteiger partial charge is 0.337 e. The Labute approximate surface area is 184 Å². The molecule has 160 valence electrons. The van der Waals surface area contributed by atoms with Crippen LogP contribution in [0, 0.1) is 0 Å². The number of hydrazine groups is 1. The van der Waals surface area contributed by atoms with Crippen molar-refractivity contribution in [3.8, 4) is 0 Å². The van der Waals surface area contributed by atoms with E-state index in [4.69, 9.17) is 17.0 Å². The van der Waals surface area contributed by atoms with Crippen molar-refractivity contribution in [1.82, 2.24) is 15.3 Å². The molecule has 2 fully saturated rings. The highest BCUT2D eigenvalue weighted by atomic mass is 32.2. The first-order valence-electron chi connectivity index (χ1n) is 9.54. The van der Waals surface area contributed by atoms with Gasteiger partial charge in [-0.05, 0) is 30.2 Å². The van der Waals surface area contributed by atoms with Crippen molar-refractivity contribution in [3.63, 3.8) is 0 Å². The summed E-state index contributed by atoms with van der Waals surface area (Å²) in [5.74, 6) is -0.662. The second-order valence-corrected chi connectivity index (χ2v) is 8.36. The van der Waals surface area contributed by atoms with E-state index in [1.165, 1.54) is 23.8 Å². The highest BCUT2D eigenvalue weighted by molar-refractivity contribution is 8.26. The Balaban J connectivity index is 1.51. The summed E-state index contributed by atoms with van der Waals surface area (Å²) in [6, 6.07) is 6.78. The molecule has 0 unspecified atom stereocenters. The van der Waals surface area contributed by atoms with Gasteiger partial charge in [0.1, 0.15) is 4.32 Å². The van der Waals surface area contributed by atoms with E-state index in [9.17, 15) is 14.4 Å². The third-order valence-electron chi connectivity index (χ3n) is 4.58. The molecule has 0 spiro atoms. The van der Waals surface area contributed by atoms with Crippen LogP contribution in [0.4, 0.5) is 0 Å². The summed E-state index contributed by atoms with van der Waals surface area (Å²) < 4.78 is 10.4. The van der Waals surface area contributed by atoms with Crippen molar-refractivity contribution in [2.45, 2.75) is 12.8 Å². The molecule has 10 heteroatoms. The zero-order valence-electron chi connectivity index (χ0n) is 16.6. The lowest BCUT2D eigenvalue weighted by molar-refractivity contribution is -0.128. The van der Waals surface area contributed by atoms with Gasteiger partial charge >= 0.3 is 5.97 Å². The molecule has 2 aliphatic heterocycles. The fourth-order valence-electron chi connectivity index (χ4n) is 2.98. The Morgan fingerprint density at radius 1 is 1.27 bits per heavy atom. The monoisotopic (exact) mass is 449 g/mol. The van der Waals surface area contributed by atoms with E-state index in [1.807, 2.05) is 5.01 Å². The zero-order chi connectivity index (χ0) is 21.5. The third kappa shape index (κ3) is 5.88. The molecule has 2 saturated heterocycles. The molecule has 0 radical (unpaired) electrons. The van der Waals surface area contributed by atoms with E-state index in [0.29, 0.717) is 60.5 Å². The molecule has 0 bridgehead atoms. The number of nitrogens with zero attached hydrogens (tertiary/aromatic N) is 2. The molecule has 1 N–H and O–H groups in total. The summed E-state index contributed by atoms with van der Waals surface area (Å²) in [5, 5.41) is 1.85. The van der Waals surface area contributed by atoms with Crippen molar-refractivity contribution in [2.75, 3.05) is 40.0 Å². The minimum atomic E-state index is -0.412. The molecule has 2 aliphatic rings. The van der Waals surface area contributed by atoms with E-state index in [-0.39, 0.29) is 11.8 Å². The molecule has 0 saturated carbocycles. The van der Waals surface area contributed by atoms with Crippen LogP contribution in [-0.4, -0.2) is 72.0 Å². The number of carbonyl (C=O) groups excluding carboxylic acids is 3. The number of carbonyl (C=O) groups is 3. The maximum Gasteiger partial charge on any atom is 0.337 e. The van der Waals surface area contributed by atoms with E-state index in [1.54, 1.807) is 30.3 Å². The van der Waals surface area contributed by atoms with Crippen molar-refractivity contribution >= 4 is 52.2 Å². The first kappa shape index (κ1) is 22.4. The first-order chi connectivity index (χ1) is 14.5. The summed E-state index contributed by atoms with van der Waals surface area (Å²) in [6.07, 6.45) is 2.57. The van der Waals surface area contributed by atoms with Gasteiger partial charge in [0.15, 0.2) is 0 Å². The summed E-state index contributed by atoms with van der Waals surface area (Å²) in [7, 11) is 1.33. The van der Waals surface area contributed by atoms with Crippen LogP contribution < -0.4 is 5.43 Å². The van der Waals surface area contributed by atoms with Crippen LogP contribution in [-0.2, 0) is 19.1 Å². The third-order valence-corrected chi connectivity index (χ3v) is 5.96. The van der Waals surface area contributed by atoms with Crippen molar-refractivity contribution < 1.29 is 23.9 Å². The molecule has 0 aliphatic carbocycles. The van der Waals surface area contributed by atoms with Crippen LogP contribution in [0.1, 0.15) is 28.8 Å². The number of amides is 2. The van der Waals surface area contributed by atoms with Crippen molar-refractivity contribution in [1.29, 1.82) is 0 Å². The van der Waals surface area contributed by atoms with Gasteiger partial charge < -0.3 is 9.47 Å². The van der Waals surface area contributed by atoms with Gasteiger partial charge in [0, 0.05) is 26.1 Å². The molecule has 8 nitrogen and oxygen atoms in total. The normalized spacial score (nSPS) is 18.7. The molecule has 0 atom stereocenters. The number of benzene rings is 1. The lowest BCUT2D eigenvalue weighted by Gasteiger charge is -2.27.